The summed E-state index contributed by atoms with van der Waals surface area (Å²) in [7, 11) is -3.15. The van der Waals surface area contributed by atoms with Gasteiger partial charge in [-0.3, -0.25) is 0 Å². The minimum absolute atomic E-state index is 0.153. The molecule has 0 aliphatic rings. The van der Waals surface area contributed by atoms with Crippen molar-refractivity contribution in [1.29, 1.82) is 0 Å². The van der Waals surface area contributed by atoms with Crippen LogP contribution >= 0.6 is 0 Å². The van der Waals surface area contributed by atoms with E-state index >= 15 is 0 Å². The van der Waals surface area contributed by atoms with Gasteiger partial charge in [0.15, 0.2) is 0 Å². The number of benzene rings is 1. The molecule has 1 rings (SSSR count). The van der Waals surface area contributed by atoms with E-state index in [1.54, 1.807) is 24.3 Å². The van der Waals surface area contributed by atoms with Crippen LogP contribution in [0.4, 0.5) is 0 Å². The van der Waals surface area contributed by atoms with Gasteiger partial charge in [0, 0.05) is 0 Å². The molecule has 0 N–H and O–H groups in total. The Kier molecular flexibility index (Phi) is 5.47. The Labute approximate surface area is 114 Å². The van der Waals surface area contributed by atoms with Crippen LogP contribution in [0.1, 0.15) is 27.7 Å². The third-order valence-corrected chi connectivity index (χ3v) is 23.4. The maximum atomic E-state index is 12.7. The molecule has 0 bridgehead atoms. The van der Waals surface area contributed by atoms with Gasteiger partial charge in [0.25, 0.3) is 0 Å². The van der Waals surface area contributed by atoms with Gasteiger partial charge in [-0.05, 0) is 0 Å². The second-order valence-corrected chi connectivity index (χ2v) is 20.1. The molecule has 4 heteroatoms. The molecule has 1 aromatic carbocycles. The predicted octanol–water partition coefficient (Wildman–Crippen LogP) is 3.90. The van der Waals surface area contributed by atoms with E-state index in [0.29, 0.717) is 4.90 Å². The quantitative estimate of drug-likeness (QED) is 0.742. The van der Waals surface area contributed by atoms with Crippen molar-refractivity contribution < 1.29 is 8.42 Å². The van der Waals surface area contributed by atoms with Crippen LogP contribution in [0.5, 0.6) is 0 Å². The molecule has 0 saturated heterocycles. The molecule has 0 radical (unpaired) electrons. The molecule has 102 valence electrons. The van der Waals surface area contributed by atoms with Crippen LogP contribution in [0.2, 0.25) is 15.8 Å². The average molecular weight is 329 g/mol. The van der Waals surface area contributed by atoms with Crippen molar-refractivity contribution in [1.82, 2.24) is 0 Å². The van der Waals surface area contributed by atoms with E-state index in [0.717, 1.165) is 15.8 Å². The van der Waals surface area contributed by atoms with E-state index in [1.165, 1.54) is 0 Å². The monoisotopic (exact) mass is 330 g/mol. The minimum atomic E-state index is -3.15. The molecule has 2 nitrogen and oxygen atoms in total. The van der Waals surface area contributed by atoms with Crippen LogP contribution in [-0.2, 0) is 9.84 Å². The van der Waals surface area contributed by atoms with Crippen LogP contribution < -0.4 is 0 Å². The number of hydrogen-bond acceptors (Lipinski definition) is 2. The first-order chi connectivity index (χ1) is 8.44. The Morgan fingerprint density at radius 1 is 1.00 bits per heavy atom. The van der Waals surface area contributed by atoms with Crippen molar-refractivity contribution in [3.05, 3.63) is 30.3 Å². The Balaban J connectivity index is 3.21. The van der Waals surface area contributed by atoms with E-state index in [2.05, 4.69) is 20.8 Å². The standard InChI is InChI=1S/C14H24GeO2S/c1-5-15(6-2,7-3)13(4)18(16,17)14-11-9-8-10-12-14/h8-13H,5-7H2,1-4H3. The topological polar surface area (TPSA) is 34.1 Å². The second-order valence-electron chi connectivity index (χ2n) is 4.92. The van der Waals surface area contributed by atoms with Gasteiger partial charge < -0.3 is 0 Å². The van der Waals surface area contributed by atoms with Gasteiger partial charge in [-0.2, -0.15) is 0 Å². The summed E-state index contributed by atoms with van der Waals surface area (Å²) in [6.45, 7) is 8.46. The molecule has 1 atom stereocenters. The molecule has 1 aromatic rings. The van der Waals surface area contributed by atoms with Crippen LogP contribution in [-0.4, -0.2) is 25.8 Å². The summed E-state index contributed by atoms with van der Waals surface area (Å²) < 4.78 is 25.3. The molecular formula is C14H24GeO2S. The van der Waals surface area contributed by atoms with E-state index in [9.17, 15) is 8.42 Å². The summed E-state index contributed by atoms with van der Waals surface area (Å²) in [5.41, 5.74) is 0. The first-order valence-corrected chi connectivity index (χ1v) is 13.9. The molecule has 0 heterocycles. The van der Waals surface area contributed by atoms with Gasteiger partial charge in [-0.15, -0.1) is 0 Å². The van der Waals surface area contributed by atoms with Gasteiger partial charge in [-0.1, -0.05) is 0 Å². The Morgan fingerprint density at radius 3 is 1.83 bits per heavy atom. The maximum absolute atomic E-state index is 12.7. The van der Waals surface area contributed by atoms with E-state index in [4.69, 9.17) is 0 Å². The van der Waals surface area contributed by atoms with Crippen LogP contribution in [0, 0.1) is 0 Å². The third-order valence-electron chi connectivity index (χ3n) is 4.51. The van der Waals surface area contributed by atoms with Crippen LogP contribution in [0.25, 0.3) is 0 Å². The van der Waals surface area contributed by atoms with Gasteiger partial charge in [-0.25, -0.2) is 0 Å². The molecule has 18 heavy (non-hydrogen) atoms. The molecular weight excluding hydrogens is 305 g/mol. The summed E-state index contributed by atoms with van der Waals surface area (Å²) in [4.78, 5) is 0.489. The number of rotatable bonds is 6. The zero-order chi connectivity index (χ0) is 13.8. The van der Waals surface area contributed by atoms with Crippen molar-refractivity contribution in [2.75, 3.05) is 0 Å². The molecule has 0 aliphatic carbocycles. The Morgan fingerprint density at radius 2 is 1.44 bits per heavy atom. The van der Waals surface area contributed by atoms with Crippen molar-refractivity contribution in [3.63, 3.8) is 0 Å². The Hall–Kier alpha value is -0.287. The zero-order valence-electron chi connectivity index (χ0n) is 11.8. The molecule has 0 aromatic heterocycles. The Bertz CT molecular complexity index is 456. The molecule has 0 spiro atoms. The van der Waals surface area contributed by atoms with Crippen molar-refractivity contribution in [2.45, 2.75) is 52.4 Å². The van der Waals surface area contributed by atoms with Gasteiger partial charge in [0.2, 0.25) is 0 Å². The van der Waals surface area contributed by atoms with Crippen LogP contribution in [0.3, 0.4) is 0 Å². The van der Waals surface area contributed by atoms with E-state index < -0.39 is 23.1 Å². The normalized spacial score (nSPS) is 14.4. The van der Waals surface area contributed by atoms with Crippen molar-refractivity contribution >= 4 is 23.1 Å². The molecule has 0 fully saturated rings. The SMILES string of the molecule is C[CH2][Ge]([CH2]C)([CH2]C)[CH](C)S(=O)(=O)c1ccccc1. The molecule has 1 unspecified atom stereocenters. The fourth-order valence-electron chi connectivity index (χ4n) is 2.76. The number of hydrogen-bond donors (Lipinski definition) is 0. The van der Waals surface area contributed by atoms with Crippen molar-refractivity contribution in [3.8, 4) is 0 Å². The summed E-state index contributed by atoms with van der Waals surface area (Å²) in [6.07, 6.45) is 0. The molecule has 0 aliphatic heterocycles. The number of sulfone groups is 1. The predicted molar refractivity (Wildman–Crippen MR) is 80.3 cm³/mol. The third kappa shape index (κ3) is 2.82. The fraction of sp³-hybridized carbons (Fsp3) is 0.571. The summed E-state index contributed by atoms with van der Waals surface area (Å²) >= 11 is -2.29. The van der Waals surface area contributed by atoms with Gasteiger partial charge in [0.1, 0.15) is 0 Å². The van der Waals surface area contributed by atoms with Gasteiger partial charge in [0.05, 0.1) is 0 Å². The van der Waals surface area contributed by atoms with Crippen LogP contribution in [0.15, 0.2) is 35.2 Å². The summed E-state index contributed by atoms with van der Waals surface area (Å²) in [6, 6.07) is 8.91. The fourth-order valence-corrected chi connectivity index (χ4v) is 18.7. The first kappa shape index (κ1) is 15.8. The van der Waals surface area contributed by atoms with E-state index in [-0.39, 0.29) is 4.08 Å². The summed E-state index contributed by atoms with van der Waals surface area (Å²) in [5, 5.41) is 3.25. The van der Waals surface area contributed by atoms with Gasteiger partial charge >= 0.3 is 114 Å². The summed E-state index contributed by atoms with van der Waals surface area (Å²) in [5.74, 6) is 0. The second kappa shape index (κ2) is 6.24. The first-order valence-electron chi connectivity index (χ1n) is 6.73. The average Bonchev–Trinajstić information content (AvgIpc) is 2.42. The molecule has 0 saturated carbocycles. The zero-order valence-corrected chi connectivity index (χ0v) is 14.7. The van der Waals surface area contributed by atoms with E-state index in [1.807, 2.05) is 13.0 Å². The van der Waals surface area contributed by atoms with Crippen molar-refractivity contribution in [2.24, 2.45) is 0 Å². The molecule has 0 amide bonds.